The van der Waals surface area contributed by atoms with Crippen molar-refractivity contribution < 1.29 is 22.1 Å². The molecule has 4 rings (SSSR count). The Morgan fingerprint density at radius 3 is 2.35 bits per heavy atom. The maximum atomic E-state index is 13.6. The van der Waals surface area contributed by atoms with E-state index in [1.165, 1.54) is 24.0 Å². The van der Waals surface area contributed by atoms with Crippen LogP contribution in [0.3, 0.4) is 0 Å². The number of methoxy groups -OCH3 is 1. The van der Waals surface area contributed by atoms with Gasteiger partial charge in [0.2, 0.25) is 0 Å². The first-order chi connectivity index (χ1) is 16.2. The second kappa shape index (κ2) is 8.79. The molecule has 0 saturated heterocycles. The van der Waals surface area contributed by atoms with Gasteiger partial charge in [-0.25, -0.2) is 4.99 Å². The van der Waals surface area contributed by atoms with E-state index in [2.05, 4.69) is 9.98 Å². The maximum Gasteiger partial charge on any atom is 0.308 e. The Labute approximate surface area is 198 Å². The minimum absolute atomic E-state index is 0.0472. The van der Waals surface area contributed by atoms with Crippen molar-refractivity contribution in [3.8, 4) is 22.6 Å². The number of hydrogen-bond acceptors (Lipinski definition) is 8. The lowest BCUT2D eigenvalue weighted by Gasteiger charge is -2.27. The number of nitrogens with two attached hydrogens (primary N) is 1. The quantitative estimate of drug-likeness (QED) is 0.515. The molecule has 0 fully saturated rings. The summed E-state index contributed by atoms with van der Waals surface area (Å²) in [4.78, 5) is 23.6. The Morgan fingerprint density at radius 1 is 1.00 bits per heavy atom. The monoisotopic (exact) mass is 480 g/mol. The van der Waals surface area contributed by atoms with Crippen LogP contribution in [0.5, 0.6) is 11.5 Å². The Morgan fingerprint density at radius 2 is 1.71 bits per heavy atom. The fourth-order valence-electron chi connectivity index (χ4n) is 3.77. The van der Waals surface area contributed by atoms with Crippen molar-refractivity contribution in [2.24, 2.45) is 10.7 Å². The average Bonchev–Trinajstić information content (AvgIpc) is 3.09. The Bertz CT molecular complexity index is 1390. The van der Waals surface area contributed by atoms with Gasteiger partial charge in [-0.2, -0.15) is 8.42 Å². The van der Waals surface area contributed by atoms with Crippen LogP contribution in [0.2, 0.25) is 0 Å². The van der Waals surface area contributed by atoms with Gasteiger partial charge in [0, 0.05) is 18.8 Å². The van der Waals surface area contributed by atoms with Crippen LogP contribution in [0, 0.1) is 0 Å². The zero-order valence-electron chi connectivity index (χ0n) is 18.9. The summed E-state index contributed by atoms with van der Waals surface area (Å²) in [6.07, 6.45) is 3.30. The third-order valence-electron chi connectivity index (χ3n) is 5.63. The molecule has 1 aromatic heterocycles. The van der Waals surface area contributed by atoms with Gasteiger partial charge < -0.3 is 14.7 Å². The molecule has 10 heteroatoms. The summed E-state index contributed by atoms with van der Waals surface area (Å²) in [7, 11) is -0.654. The minimum atomic E-state index is -3.76. The standard InChI is InChI=1S/C24H24N4O5S/c1-4-34(30,31)33-20-10-6-9-19(13-20)24(22(29)28(2)23(25)27-24)18-8-5-7-16(11-18)17-12-21(32-3)15-26-14-17/h5-15H,4H2,1-3H3,(H2,25,27). The third kappa shape index (κ3) is 4.08. The molecule has 0 aliphatic carbocycles. The van der Waals surface area contributed by atoms with Gasteiger partial charge in [-0.1, -0.05) is 30.3 Å². The van der Waals surface area contributed by atoms with E-state index >= 15 is 0 Å². The molecule has 1 aliphatic heterocycles. The van der Waals surface area contributed by atoms with Gasteiger partial charge in [0.1, 0.15) is 11.5 Å². The van der Waals surface area contributed by atoms with E-state index in [0.29, 0.717) is 16.9 Å². The molecule has 34 heavy (non-hydrogen) atoms. The van der Waals surface area contributed by atoms with Crippen LogP contribution in [0.1, 0.15) is 18.1 Å². The summed E-state index contributed by atoms with van der Waals surface area (Å²) >= 11 is 0. The zero-order valence-corrected chi connectivity index (χ0v) is 19.7. The smallest absolute Gasteiger partial charge is 0.308 e. The Balaban J connectivity index is 1.89. The van der Waals surface area contributed by atoms with Gasteiger partial charge >= 0.3 is 10.1 Å². The average molecular weight is 481 g/mol. The predicted octanol–water partition coefficient (Wildman–Crippen LogP) is 2.52. The van der Waals surface area contributed by atoms with Crippen molar-refractivity contribution in [2.75, 3.05) is 19.9 Å². The van der Waals surface area contributed by atoms with E-state index in [4.69, 9.17) is 14.7 Å². The van der Waals surface area contributed by atoms with E-state index in [1.54, 1.807) is 44.8 Å². The third-order valence-corrected chi connectivity index (χ3v) is 6.78. The molecule has 2 N–H and O–H groups in total. The first-order valence-electron chi connectivity index (χ1n) is 10.5. The van der Waals surface area contributed by atoms with Crippen LogP contribution in [0.15, 0.2) is 72.0 Å². The second-order valence-corrected chi connectivity index (χ2v) is 9.56. The number of ether oxygens (including phenoxy) is 1. The number of aromatic nitrogens is 1. The van der Waals surface area contributed by atoms with Gasteiger partial charge in [-0.15, -0.1) is 0 Å². The number of rotatable bonds is 7. The molecule has 2 aromatic carbocycles. The van der Waals surface area contributed by atoms with E-state index < -0.39 is 15.7 Å². The molecule has 1 amide bonds. The fourth-order valence-corrected chi connectivity index (χ4v) is 4.29. The fraction of sp³-hybridized carbons (Fsp3) is 0.208. The number of carbonyl (C=O) groups excluding carboxylic acids is 1. The highest BCUT2D eigenvalue weighted by Crippen LogP contribution is 2.41. The molecule has 1 atom stereocenters. The van der Waals surface area contributed by atoms with E-state index in [1.807, 2.05) is 24.3 Å². The molecule has 0 spiro atoms. The molecule has 2 heterocycles. The number of benzene rings is 2. The van der Waals surface area contributed by atoms with Crippen molar-refractivity contribution in [3.05, 3.63) is 78.1 Å². The van der Waals surface area contributed by atoms with Crippen molar-refractivity contribution in [3.63, 3.8) is 0 Å². The van der Waals surface area contributed by atoms with E-state index in [-0.39, 0.29) is 23.4 Å². The Kier molecular flexibility index (Phi) is 6.01. The van der Waals surface area contributed by atoms with Crippen LogP contribution in [-0.2, 0) is 20.5 Å². The number of likely N-dealkylation sites (N-methyl/N-ethyl adjacent to an activating group) is 1. The minimum Gasteiger partial charge on any atom is -0.495 e. The van der Waals surface area contributed by atoms with Gasteiger partial charge in [-0.05, 0) is 47.9 Å². The van der Waals surface area contributed by atoms with Crippen molar-refractivity contribution in [2.45, 2.75) is 12.5 Å². The topological polar surface area (TPSA) is 124 Å². The highest BCUT2D eigenvalue weighted by molar-refractivity contribution is 7.87. The summed E-state index contributed by atoms with van der Waals surface area (Å²) in [6.45, 7) is 1.49. The molecule has 9 nitrogen and oxygen atoms in total. The molecule has 0 bridgehead atoms. The molecule has 0 radical (unpaired) electrons. The number of carbonyl (C=O) groups is 1. The summed E-state index contributed by atoms with van der Waals surface area (Å²) in [5.74, 6) is 0.167. The molecule has 3 aromatic rings. The number of amides is 1. The van der Waals surface area contributed by atoms with Crippen molar-refractivity contribution in [1.29, 1.82) is 0 Å². The van der Waals surface area contributed by atoms with Crippen LogP contribution in [-0.4, -0.2) is 50.1 Å². The Hall–Kier alpha value is -3.92. The van der Waals surface area contributed by atoms with Gasteiger partial charge in [0.05, 0.1) is 19.1 Å². The highest BCUT2D eigenvalue weighted by atomic mass is 32.2. The lowest BCUT2D eigenvalue weighted by molar-refractivity contribution is -0.129. The largest absolute Gasteiger partial charge is 0.495 e. The SMILES string of the molecule is CCS(=O)(=O)Oc1cccc(C2(c3cccc(-c4cncc(OC)c4)c3)N=C(N)N(C)C2=O)c1. The summed E-state index contributed by atoms with van der Waals surface area (Å²) in [6, 6.07) is 15.5. The maximum absolute atomic E-state index is 13.6. The summed E-state index contributed by atoms with van der Waals surface area (Å²) in [5, 5.41) is 0. The van der Waals surface area contributed by atoms with Gasteiger partial charge in [-0.3, -0.25) is 14.7 Å². The summed E-state index contributed by atoms with van der Waals surface area (Å²) in [5.41, 5.74) is 7.12. The highest BCUT2D eigenvalue weighted by Gasteiger charge is 2.49. The number of hydrogen-bond donors (Lipinski definition) is 1. The van der Waals surface area contributed by atoms with Crippen molar-refractivity contribution >= 4 is 22.0 Å². The number of guanidine groups is 1. The van der Waals surface area contributed by atoms with Crippen LogP contribution < -0.4 is 14.7 Å². The van der Waals surface area contributed by atoms with Crippen molar-refractivity contribution in [1.82, 2.24) is 9.88 Å². The molecule has 0 saturated carbocycles. The van der Waals surface area contributed by atoms with Crippen LogP contribution >= 0.6 is 0 Å². The number of nitrogens with zero attached hydrogens (tertiary/aromatic N) is 3. The van der Waals surface area contributed by atoms with Crippen LogP contribution in [0.4, 0.5) is 0 Å². The molecule has 176 valence electrons. The molecule has 1 aliphatic rings. The van der Waals surface area contributed by atoms with E-state index in [9.17, 15) is 13.2 Å². The second-order valence-electron chi connectivity index (χ2n) is 7.70. The molecule has 1 unspecified atom stereocenters. The van der Waals surface area contributed by atoms with E-state index in [0.717, 1.165) is 11.1 Å². The first kappa shape index (κ1) is 23.2. The zero-order chi connectivity index (χ0) is 24.5. The number of pyridine rings is 1. The first-order valence-corrected chi connectivity index (χ1v) is 12.0. The molecular weight excluding hydrogens is 456 g/mol. The predicted molar refractivity (Wildman–Crippen MR) is 128 cm³/mol. The summed E-state index contributed by atoms with van der Waals surface area (Å²) < 4.78 is 34.5. The van der Waals surface area contributed by atoms with Crippen LogP contribution in [0.25, 0.3) is 11.1 Å². The normalized spacial score (nSPS) is 18.0. The lowest BCUT2D eigenvalue weighted by atomic mass is 9.81. The number of aliphatic imine (C=N–C) groups is 1. The molecular formula is C24H24N4O5S. The lowest BCUT2D eigenvalue weighted by Crippen LogP contribution is -2.41. The van der Waals surface area contributed by atoms with Gasteiger partial charge in [0.15, 0.2) is 11.5 Å². The van der Waals surface area contributed by atoms with Gasteiger partial charge in [0.25, 0.3) is 5.91 Å².